The van der Waals surface area contributed by atoms with Crippen LogP contribution in [0.2, 0.25) is 0 Å². The number of rotatable bonds is 5. The molecule has 0 aromatic carbocycles. The Morgan fingerprint density at radius 2 is 2.15 bits per heavy atom. The molecule has 1 unspecified atom stereocenters. The molecule has 1 fully saturated rings. The summed E-state index contributed by atoms with van der Waals surface area (Å²) in [7, 11) is 0. The van der Waals surface area contributed by atoms with Gasteiger partial charge < -0.3 is 10.6 Å². The van der Waals surface area contributed by atoms with Crippen LogP contribution in [0.4, 0.5) is 13.2 Å². The van der Waals surface area contributed by atoms with Crippen molar-refractivity contribution in [3.8, 4) is 0 Å². The van der Waals surface area contributed by atoms with Gasteiger partial charge in [-0.2, -0.15) is 13.2 Å². The molecule has 0 bridgehead atoms. The molecule has 2 aromatic rings. The Hall–Kier alpha value is -1.63. The fourth-order valence-electron chi connectivity index (χ4n) is 3.01. The van der Waals surface area contributed by atoms with Crippen molar-refractivity contribution in [3.63, 3.8) is 0 Å². The third-order valence-corrected chi connectivity index (χ3v) is 4.12. The van der Waals surface area contributed by atoms with Crippen LogP contribution in [0.5, 0.6) is 0 Å². The number of halogens is 4. The van der Waals surface area contributed by atoms with E-state index in [1.807, 2.05) is 35.7 Å². The molecule has 2 N–H and O–H groups in total. The molecule has 0 spiro atoms. The van der Waals surface area contributed by atoms with E-state index in [-0.39, 0.29) is 30.0 Å². The molecular formula is C16H23F3IN7. The molecule has 150 valence electrons. The molecule has 1 atom stereocenters. The van der Waals surface area contributed by atoms with E-state index in [0.29, 0.717) is 44.4 Å². The third kappa shape index (κ3) is 6.19. The highest BCUT2D eigenvalue weighted by Gasteiger charge is 2.34. The lowest BCUT2D eigenvalue weighted by Crippen LogP contribution is -2.45. The highest BCUT2D eigenvalue weighted by atomic mass is 127. The summed E-state index contributed by atoms with van der Waals surface area (Å²) in [6.45, 7) is 2.81. The van der Waals surface area contributed by atoms with Crippen molar-refractivity contribution in [2.75, 3.05) is 26.2 Å². The Morgan fingerprint density at radius 1 is 1.33 bits per heavy atom. The molecular weight excluding hydrogens is 474 g/mol. The highest BCUT2D eigenvalue weighted by molar-refractivity contribution is 14.0. The van der Waals surface area contributed by atoms with Gasteiger partial charge in [-0.05, 0) is 25.5 Å². The number of guanidine groups is 1. The highest BCUT2D eigenvalue weighted by Crippen LogP contribution is 2.19. The molecule has 0 aliphatic carbocycles. The second-order valence-corrected chi connectivity index (χ2v) is 6.22. The van der Waals surface area contributed by atoms with E-state index in [1.54, 1.807) is 0 Å². The topological polar surface area (TPSA) is 69.8 Å². The molecule has 1 aliphatic rings. The second kappa shape index (κ2) is 9.53. The Labute approximate surface area is 172 Å². The van der Waals surface area contributed by atoms with Gasteiger partial charge in [0.25, 0.3) is 0 Å². The Morgan fingerprint density at radius 3 is 2.89 bits per heavy atom. The van der Waals surface area contributed by atoms with Gasteiger partial charge in [0.1, 0.15) is 6.54 Å². The Balaban J connectivity index is 0.00000261. The summed E-state index contributed by atoms with van der Waals surface area (Å²) in [4.78, 5) is 5.91. The smallest absolute Gasteiger partial charge is 0.357 e. The van der Waals surface area contributed by atoms with Gasteiger partial charge in [-0.25, -0.2) is 4.99 Å². The second-order valence-electron chi connectivity index (χ2n) is 6.22. The van der Waals surface area contributed by atoms with Crippen molar-refractivity contribution in [1.82, 2.24) is 30.1 Å². The first-order valence-corrected chi connectivity index (χ1v) is 8.57. The zero-order valence-electron chi connectivity index (χ0n) is 14.9. The maximum atomic E-state index is 12.5. The number of nitrogens with zero attached hydrogens (tertiary/aromatic N) is 5. The molecule has 1 saturated heterocycles. The molecule has 11 heteroatoms. The van der Waals surface area contributed by atoms with Crippen LogP contribution in [-0.2, 0) is 6.54 Å². The van der Waals surface area contributed by atoms with Crippen molar-refractivity contribution in [1.29, 1.82) is 0 Å². The van der Waals surface area contributed by atoms with E-state index in [4.69, 9.17) is 0 Å². The van der Waals surface area contributed by atoms with Crippen molar-refractivity contribution in [2.45, 2.75) is 32.1 Å². The van der Waals surface area contributed by atoms with Gasteiger partial charge in [-0.1, -0.05) is 6.07 Å². The van der Waals surface area contributed by atoms with Gasteiger partial charge in [-0.3, -0.25) is 9.30 Å². The Kier molecular flexibility index (Phi) is 7.65. The van der Waals surface area contributed by atoms with Gasteiger partial charge in [0.2, 0.25) is 0 Å². The summed E-state index contributed by atoms with van der Waals surface area (Å²) < 4.78 is 39.4. The van der Waals surface area contributed by atoms with Crippen LogP contribution >= 0.6 is 24.0 Å². The summed E-state index contributed by atoms with van der Waals surface area (Å²) in [5.41, 5.74) is 0.745. The van der Waals surface area contributed by atoms with Gasteiger partial charge in [0, 0.05) is 31.9 Å². The third-order valence-electron chi connectivity index (χ3n) is 4.12. The van der Waals surface area contributed by atoms with Crippen LogP contribution in [0.15, 0.2) is 29.4 Å². The van der Waals surface area contributed by atoms with Crippen LogP contribution in [0.3, 0.4) is 0 Å². The number of alkyl halides is 3. The van der Waals surface area contributed by atoms with Crippen molar-refractivity contribution in [2.24, 2.45) is 4.99 Å². The molecule has 2 aromatic heterocycles. The lowest BCUT2D eigenvalue weighted by molar-refractivity contribution is -0.143. The van der Waals surface area contributed by atoms with Crippen LogP contribution in [0, 0.1) is 0 Å². The van der Waals surface area contributed by atoms with Crippen LogP contribution < -0.4 is 10.6 Å². The normalized spacial score (nSPS) is 18.5. The van der Waals surface area contributed by atoms with Crippen molar-refractivity contribution >= 4 is 35.6 Å². The fourth-order valence-corrected chi connectivity index (χ4v) is 3.01. The summed E-state index contributed by atoms with van der Waals surface area (Å²) in [5, 5.41) is 14.5. The minimum Gasteiger partial charge on any atom is -0.357 e. The van der Waals surface area contributed by atoms with Crippen LogP contribution in [-0.4, -0.2) is 63.9 Å². The summed E-state index contributed by atoms with van der Waals surface area (Å²) in [5.74, 6) is 1.27. The summed E-state index contributed by atoms with van der Waals surface area (Å²) in [6, 6.07) is 5.57. The quantitative estimate of drug-likeness (QED) is 0.376. The molecule has 7 nitrogen and oxygen atoms in total. The first kappa shape index (κ1) is 21.7. The predicted octanol–water partition coefficient (Wildman–Crippen LogP) is 2.04. The molecule has 3 rings (SSSR count). The summed E-state index contributed by atoms with van der Waals surface area (Å²) in [6.07, 6.45) is -1.65. The number of fused-ring (bicyclic) bond motifs is 1. The number of hydrogen-bond donors (Lipinski definition) is 2. The predicted molar refractivity (Wildman–Crippen MR) is 107 cm³/mol. The van der Waals surface area contributed by atoms with Gasteiger partial charge in [0.05, 0.1) is 6.54 Å². The van der Waals surface area contributed by atoms with E-state index >= 15 is 0 Å². The number of pyridine rings is 1. The molecule has 0 amide bonds. The fraction of sp³-hybridized carbons (Fsp3) is 0.562. The van der Waals surface area contributed by atoms with Crippen molar-refractivity contribution < 1.29 is 13.2 Å². The maximum Gasteiger partial charge on any atom is 0.401 e. The lowest BCUT2D eigenvalue weighted by Gasteiger charge is -2.19. The van der Waals surface area contributed by atoms with Gasteiger partial charge >= 0.3 is 6.18 Å². The van der Waals surface area contributed by atoms with Gasteiger partial charge in [0.15, 0.2) is 17.4 Å². The zero-order valence-corrected chi connectivity index (χ0v) is 17.2. The largest absolute Gasteiger partial charge is 0.401 e. The Bertz CT molecular complexity index is 762. The van der Waals surface area contributed by atoms with Crippen molar-refractivity contribution in [3.05, 3.63) is 30.2 Å². The number of nitrogens with one attached hydrogen (secondary N) is 2. The minimum atomic E-state index is -4.16. The van der Waals surface area contributed by atoms with E-state index in [9.17, 15) is 13.2 Å². The first-order valence-electron chi connectivity index (χ1n) is 8.57. The summed E-state index contributed by atoms with van der Waals surface area (Å²) >= 11 is 0. The minimum absolute atomic E-state index is 0. The number of hydrogen-bond acceptors (Lipinski definition) is 4. The monoisotopic (exact) mass is 497 g/mol. The number of aliphatic imine (C=N–C) groups is 1. The van der Waals surface area contributed by atoms with E-state index in [2.05, 4.69) is 25.8 Å². The standard InChI is InChI=1S/C16H22F3N7.HI/c1-2-20-15(22-12-6-8-25(10-12)11-16(17,18)19)21-9-14-24-23-13-5-3-4-7-26(13)14;/h3-5,7,12H,2,6,8-11H2,1H3,(H2,20,21,22);1H. The lowest BCUT2D eigenvalue weighted by atomic mass is 10.3. The average molecular weight is 497 g/mol. The van der Waals surface area contributed by atoms with Crippen LogP contribution in [0.1, 0.15) is 19.2 Å². The van der Waals surface area contributed by atoms with Gasteiger partial charge in [-0.15, -0.1) is 34.2 Å². The van der Waals surface area contributed by atoms with Crippen LogP contribution in [0.25, 0.3) is 5.65 Å². The van der Waals surface area contributed by atoms with E-state index < -0.39 is 12.7 Å². The molecule has 27 heavy (non-hydrogen) atoms. The molecule has 1 aliphatic heterocycles. The van der Waals surface area contributed by atoms with E-state index in [1.165, 1.54) is 4.90 Å². The zero-order chi connectivity index (χ0) is 18.6. The molecule has 3 heterocycles. The molecule has 0 saturated carbocycles. The number of aromatic nitrogens is 3. The number of likely N-dealkylation sites (tertiary alicyclic amines) is 1. The van der Waals surface area contributed by atoms with E-state index in [0.717, 1.165) is 5.65 Å². The maximum absolute atomic E-state index is 12.5. The molecule has 0 radical (unpaired) electrons. The SMILES string of the molecule is CCNC(=NCc1nnc2ccccn12)NC1CCN(CC(F)(F)F)C1.I. The average Bonchev–Trinajstić information content (AvgIpc) is 3.18. The first-order chi connectivity index (χ1) is 12.4.